The van der Waals surface area contributed by atoms with Crippen molar-refractivity contribution in [2.75, 3.05) is 19.8 Å². The molecule has 0 atom stereocenters. The van der Waals surface area contributed by atoms with Gasteiger partial charge in [-0.05, 0) is 32.7 Å². The summed E-state index contributed by atoms with van der Waals surface area (Å²) in [5.41, 5.74) is 8.77. The molecule has 0 unspecified atom stereocenters. The van der Waals surface area contributed by atoms with Gasteiger partial charge in [0.05, 0.1) is 0 Å². The van der Waals surface area contributed by atoms with E-state index in [4.69, 9.17) is 10.5 Å². The number of nitrogens with one attached hydrogen (secondary N) is 1. The van der Waals surface area contributed by atoms with Crippen LogP contribution in [0.2, 0.25) is 0 Å². The van der Waals surface area contributed by atoms with Crippen LogP contribution < -0.4 is 11.3 Å². The van der Waals surface area contributed by atoms with Crippen LogP contribution in [0.25, 0.3) is 5.65 Å². The summed E-state index contributed by atoms with van der Waals surface area (Å²) in [6.45, 7) is 3.88. The first-order valence-corrected chi connectivity index (χ1v) is 7.09. The van der Waals surface area contributed by atoms with E-state index in [-0.39, 0.29) is 5.56 Å². The predicted octanol–water partition coefficient (Wildman–Crippen LogP) is 0.726. The van der Waals surface area contributed by atoms with Crippen LogP contribution in [-0.4, -0.2) is 34.4 Å². The molecule has 1 aliphatic heterocycles. The van der Waals surface area contributed by atoms with Crippen LogP contribution in [0.1, 0.15) is 35.7 Å². The van der Waals surface area contributed by atoms with E-state index in [1.165, 1.54) is 0 Å². The number of rotatable bonds is 3. The predicted molar refractivity (Wildman–Crippen MR) is 76.1 cm³/mol. The number of aromatic amines is 1. The lowest BCUT2D eigenvalue weighted by Crippen LogP contribution is -2.24. The van der Waals surface area contributed by atoms with Gasteiger partial charge in [0, 0.05) is 42.1 Å². The van der Waals surface area contributed by atoms with E-state index in [9.17, 15) is 4.79 Å². The molecular weight excluding hydrogens is 256 g/mol. The highest BCUT2D eigenvalue weighted by molar-refractivity contribution is 5.42. The molecule has 3 N–H and O–H groups in total. The molecule has 0 aliphatic carbocycles. The number of fused-ring (bicyclic) bond motifs is 1. The highest BCUT2D eigenvalue weighted by Crippen LogP contribution is 2.26. The first-order chi connectivity index (χ1) is 9.70. The van der Waals surface area contributed by atoms with Crippen LogP contribution in [-0.2, 0) is 11.2 Å². The molecule has 6 nitrogen and oxygen atoms in total. The maximum atomic E-state index is 12.4. The van der Waals surface area contributed by atoms with Gasteiger partial charge >= 0.3 is 0 Å². The zero-order valence-corrected chi connectivity index (χ0v) is 11.7. The van der Waals surface area contributed by atoms with Crippen molar-refractivity contribution in [1.82, 2.24) is 14.6 Å². The second kappa shape index (κ2) is 5.38. The molecule has 0 spiro atoms. The van der Waals surface area contributed by atoms with Gasteiger partial charge in [-0.1, -0.05) is 0 Å². The van der Waals surface area contributed by atoms with Crippen LogP contribution in [0, 0.1) is 6.92 Å². The molecule has 1 aliphatic rings. The topological polar surface area (TPSA) is 85.4 Å². The second-order valence-electron chi connectivity index (χ2n) is 5.31. The van der Waals surface area contributed by atoms with E-state index >= 15 is 0 Å². The van der Waals surface area contributed by atoms with Gasteiger partial charge in [0.25, 0.3) is 5.56 Å². The maximum absolute atomic E-state index is 12.4. The quantitative estimate of drug-likeness (QED) is 0.865. The van der Waals surface area contributed by atoms with Crippen molar-refractivity contribution >= 4 is 5.65 Å². The molecule has 0 aromatic carbocycles. The lowest BCUT2D eigenvalue weighted by atomic mass is 9.97. The molecule has 2 aromatic rings. The van der Waals surface area contributed by atoms with Crippen molar-refractivity contribution in [2.45, 2.75) is 32.1 Å². The first-order valence-electron chi connectivity index (χ1n) is 7.09. The summed E-state index contributed by atoms with van der Waals surface area (Å²) in [4.78, 5) is 17.0. The molecule has 3 heterocycles. The van der Waals surface area contributed by atoms with Crippen molar-refractivity contribution in [1.29, 1.82) is 0 Å². The van der Waals surface area contributed by atoms with Crippen LogP contribution in [0.3, 0.4) is 0 Å². The minimum atomic E-state index is -0.0312. The van der Waals surface area contributed by atoms with Crippen molar-refractivity contribution in [3.63, 3.8) is 0 Å². The fraction of sp³-hybridized carbons (Fsp3) is 0.571. The van der Waals surface area contributed by atoms with E-state index < -0.39 is 0 Å². The molecule has 0 saturated carbocycles. The number of ether oxygens (including phenoxy) is 1. The maximum Gasteiger partial charge on any atom is 0.276 e. The van der Waals surface area contributed by atoms with Gasteiger partial charge in [-0.2, -0.15) is 0 Å². The van der Waals surface area contributed by atoms with E-state index in [0.717, 1.165) is 37.4 Å². The van der Waals surface area contributed by atoms with Crippen LogP contribution in [0.4, 0.5) is 0 Å². The van der Waals surface area contributed by atoms with E-state index in [1.54, 1.807) is 4.52 Å². The summed E-state index contributed by atoms with van der Waals surface area (Å²) in [5.74, 6) is 0.420. The number of hydrogen-bond acceptors (Lipinski definition) is 4. The second-order valence-corrected chi connectivity index (χ2v) is 5.31. The fourth-order valence-corrected chi connectivity index (χ4v) is 2.84. The summed E-state index contributed by atoms with van der Waals surface area (Å²) in [6, 6.07) is 1.98. The molecular formula is C14H20N4O2. The smallest absolute Gasteiger partial charge is 0.276 e. The van der Waals surface area contributed by atoms with Gasteiger partial charge in [0.15, 0.2) is 5.65 Å². The summed E-state index contributed by atoms with van der Waals surface area (Å²) < 4.78 is 6.92. The first kappa shape index (κ1) is 13.3. The molecule has 3 rings (SSSR count). The highest BCUT2D eigenvalue weighted by atomic mass is 16.5. The van der Waals surface area contributed by atoms with Gasteiger partial charge in [0.2, 0.25) is 0 Å². The number of nitrogens with zero attached hydrogens (tertiary/aromatic N) is 2. The molecule has 1 saturated heterocycles. The number of H-pyrrole nitrogens is 1. The third kappa shape index (κ3) is 2.25. The Morgan fingerprint density at radius 3 is 2.95 bits per heavy atom. The average Bonchev–Trinajstić information content (AvgIpc) is 2.88. The third-order valence-electron chi connectivity index (χ3n) is 3.99. The highest BCUT2D eigenvalue weighted by Gasteiger charge is 2.19. The zero-order valence-electron chi connectivity index (χ0n) is 11.7. The number of aryl methyl sites for hydroxylation is 1. The Morgan fingerprint density at radius 2 is 2.25 bits per heavy atom. The SMILES string of the molecule is Cc1nc2cc(C3CCOCC3)[nH]n2c(=O)c1CCN. The van der Waals surface area contributed by atoms with E-state index in [2.05, 4.69) is 10.1 Å². The normalized spacial score (nSPS) is 16.9. The summed E-state index contributed by atoms with van der Waals surface area (Å²) in [6.07, 6.45) is 2.53. The summed E-state index contributed by atoms with van der Waals surface area (Å²) in [5, 5.41) is 3.20. The van der Waals surface area contributed by atoms with E-state index in [1.807, 2.05) is 13.0 Å². The Kier molecular flexibility index (Phi) is 3.58. The largest absolute Gasteiger partial charge is 0.381 e. The average molecular weight is 276 g/mol. The Hall–Kier alpha value is -1.66. The van der Waals surface area contributed by atoms with Crippen molar-refractivity contribution in [3.8, 4) is 0 Å². The molecule has 20 heavy (non-hydrogen) atoms. The summed E-state index contributed by atoms with van der Waals surface area (Å²) in [7, 11) is 0. The van der Waals surface area contributed by atoms with Crippen molar-refractivity contribution in [3.05, 3.63) is 33.4 Å². The Morgan fingerprint density at radius 1 is 1.50 bits per heavy atom. The third-order valence-corrected chi connectivity index (χ3v) is 3.99. The monoisotopic (exact) mass is 276 g/mol. The van der Waals surface area contributed by atoms with Crippen molar-refractivity contribution in [2.24, 2.45) is 5.73 Å². The lowest BCUT2D eigenvalue weighted by molar-refractivity contribution is 0.0844. The Balaban J connectivity index is 2.06. The van der Waals surface area contributed by atoms with Gasteiger partial charge in [-0.3, -0.25) is 9.89 Å². The van der Waals surface area contributed by atoms with Gasteiger partial charge in [0.1, 0.15) is 0 Å². The number of hydrogen-bond donors (Lipinski definition) is 2. The standard InChI is InChI=1S/C14H20N4O2/c1-9-11(2-5-15)14(19)18-13(16-9)8-12(17-18)10-3-6-20-7-4-10/h8,10,17H,2-7,15H2,1H3. The van der Waals surface area contributed by atoms with Crippen LogP contribution in [0.5, 0.6) is 0 Å². The Labute approximate surface area is 116 Å². The van der Waals surface area contributed by atoms with E-state index in [0.29, 0.717) is 30.1 Å². The molecule has 0 bridgehead atoms. The lowest BCUT2D eigenvalue weighted by Gasteiger charge is -2.20. The van der Waals surface area contributed by atoms with Gasteiger partial charge in [-0.15, -0.1) is 0 Å². The number of nitrogens with two attached hydrogens (primary N) is 1. The molecule has 0 radical (unpaired) electrons. The number of aromatic nitrogens is 3. The van der Waals surface area contributed by atoms with Crippen LogP contribution in [0.15, 0.2) is 10.9 Å². The Bertz CT molecular complexity index is 668. The molecule has 1 fully saturated rings. The van der Waals surface area contributed by atoms with Gasteiger partial charge in [-0.25, -0.2) is 9.50 Å². The molecule has 0 amide bonds. The van der Waals surface area contributed by atoms with Crippen molar-refractivity contribution < 1.29 is 4.74 Å². The molecule has 6 heteroatoms. The summed E-state index contributed by atoms with van der Waals surface area (Å²) >= 11 is 0. The van der Waals surface area contributed by atoms with Crippen LogP contribution >= 0.6 is 0 Å². The minimum Gasteiger partial charge on any atom is -0.381 e. The van der Waals surface area contributed by atoms with Gasteiger partial charge < -0.3 is 10.5 Å². The minimum absolute atomic E-state index is 0.0312. The fourth-order valence-electron chi connectivity index (χ4n) is 2.84. The molecule has 2 aromatic heterocycles. The zero-order chi connectivity index (χ0) is 14.1. The molecule has 108 valence electrons.